The monoisotopic (exact) mass is 410 g/mol. The summed E-state index contributed by atoms with van der Waals surface area (Å²) in [6, 6.07) is 13.6. The van der Waals surface area contributed by atoms with Crippen LogP contribution in [0.1, 0.15) is 11.1 Å². The number of amides is 2. The Morgan fingerprint density at radius 3 is 2.57 bits per heavy atom. The van der Waals surface area contributed by atoms with Crippen molar-refractivity contribution in [2.24, 2.45) is 0 Å². The number of benzene rings is 2. The van der Waals surface area contributed by atoms with Crippen LogP contribution in [0.15, 0.2) is 51.4 Å². The van der Waals surface area contributed by atoms with Gasteiger partial charge >= 0.3 is 6.03 Å². The van der Waals surface area contributed by atoms with Crippen LogP contribution in [0.3, 0.4) is 0 Å². The van der Waals surface area contributed by atoms with E-state index < -0.39 is 0 Å². The normalized spacial score (nSPS) is 10.2. The van der Waals surface area contributed by atoms with Gasteiger partial charge in [0.15, 0.2) is 0 Å². The zero-order valence-corrected chi connectivity index (χ0v) is 14.8. The Kier molecular flexibility index (Phi) is 5.82. The fraction of sp³-hybridized carbons (Fsp3) is 0.188. The fourth-order valence-corrected chi connectivity index (χ4v) is 2.98. The Labute approximate surface area is 141 Å². The van der Waals surface area contributed by atoms with Crippen LogP contribution < -0.4 is 10.6 Å². The SMILES string of the molecule is Cc1ccc(NC(=O)NCCc2ccccc2Br)c(Br)c1. The molecule has 0 unspecified atom stereocenters. The van der Waals surface area contributed by atoms with Gasteiger partial charge in [-0.3, -0.25) is 0 Å². The molecule has 2 aromatic rings. The quantitative estimate of drug-likeness (QED) is 0.739. The summed E-state index contributed by atoms with van der Waals surface area (Å²) in [5.41, 5.74) is 3.08. The largest absolute Gasteiger partial charge is 0.338 e. The molecule has 0 atom stereocenters. The summed E-state index contributed by atoms with van der Waals surface area (Å²) in [4.78, 5) is 11.9. The number of carbonyl (C=O) groups is 1. The molecule has 2 aromatic carbocycles. The topological polar surface area (TPSA) is 41.1 Å². The molecule has 0 saturated carbocycles. The molecule has 0 aliphatic carbocycles. The predicted octanol–water partition coefficient (Wildman–Crippen LogP) is 4.88. The lowest BCUT2D eigenvalue weighted by Gasteiger charge is -2.10. The van der Waals surface area contributed by atoms with Gasteiger partial charge < -0.3 is 10.6 Å². The summed E-state index contributed by atoms with van der Waals surface area (Å²) in [6.07, 6.45) is 0.782. The Morgan fingerprint density at radius 1 is 1.10 bits per heavy atom. The molecule has 2 rings (SSSR count). The van der Waals surface area contributed by atoms with Crippen LogP contribution in [0, 0.1) is 6.92 Å². The highest BCUT2D eigenvalue weighted by atomic mass is 79.9. The molecule has 0 saturated heterocycles. The maximum absolute atomic E-state index is 11.9. The molecule has 0 aliphatic rings. The molecule has 0 fully saturated rings. The third-order valence-corrected chi connectivity index (χ3v) is 4.44. The zero-order chi connectivity index (χ0) is 15.2. The zero-order valence-electron chi connectivity index (χ0n) is 11.6. The number of carbonyl (C=O) groups excluding carboxylic acids is 1. The third-order valence-electron chi connectivity index (χ3n) is 3.01. The van der Waals surface area contributed by atoms with E-state index >= 15 is 0 Å². The minimum Gasteiger partial charge on any atom is -0.338 e. The third kappa shape index (κ3) is 4.86. The second-order valence-electron chi connectivity index (χ2n) is 4.71. The summed E-state index contributed by atoms with van der Waals surface area (Å²) in [5.74, 6) is 0. The first kappa shape index (κ1) is 16.0. The molecule has 0 aromatic heterocycles. The van der Waals surface area contributed by atoms with E-state index in [1.807, 2.05) is 49.4 Å². The van der Waals surface area contributed by atoms with Crippen molar-refractivity contribution in [3.63, 3.8) is 0 Å². The van der Waals surface area contributed by atoms with Crippen molar-refractivity contribution in [3.8, 4) is 0 Å². The maximum atomic E-state index is 11.9. The lowest BCUT2D eigenvalue weighted by atomic mass is 10.1. The van der Waals surface area contributed by atoms with Gasteiger partial charge in [-0.25, -0.2) is 4.79 Å². The van der Waals surface area contributed by atoms with Crippen LogP contribution in [0.25, 0.3) is 0 Å². The Balaban J connectivity index is 1.84. The van der Waals surface area contributed by atoms with Crippen LogP contribution in [0.5, 0.6) is 0 Å². The molecule has 21 heavy (non-hydrogen) atoms. The fourth-order valence-electron chi connectivity index (χ4n) is 1.90. The van der Waals surface area contributed by atoms with Crippen molar-refractivity contribution in [2.45, 2.75) is 13.3 Å². The second-order valence-corrected chi connectivity index (χ2v) is 6.41. The molecule has 5 heteroatoms. The molecular formula is C16H16Br2N2O. The molecule has 0 heterocycles. The van der Waals surface area contributed by atoms with Crippen molar-refractivity contribution < 1.29 is 4.79 Å². The summed E-state index contributed by atoms with van der Waals surface area (Å²) in [6.45, 7) is 2.59. The molecule has 2 N–H and O–H groups in total. The van der Waals surface area contributed by atoms with Crippen LogP contribution >= 0.6 is 31.9 Å². The van der Waals surface area contributed by atoms with Crippen molar-refractivity contribution in [3.05, 3.63) is 62.5 Å². The number of hydrogen-bond acceptors (Lipinski definition) is 1. The van der Waals surface area contributed by atoms with Crippen molar-refractivity contribution in [1.29, 1.82) is 0 Å². The lowest BCUT2D eigenvalue weighted by Crippen LogP contribution is -2.30. The molecule has 2 amide bonds. The van der Waals surface area contributed by atoms with E-state index in [1.54, 1.807) is 0 Å². The molecular weight excluding hydrogens is 396 g/mol. The van der Waals surface area contributed by atoms with Gasteiger partial charge in [0.2, 0.25) is 0 Å². The molecule has 0 bridgehead atoms. The lowest BCUT2D eigenvalue weighted by molar-refractivity contribution is 0.252. The number of hydrogen-bond donors (Lipinski definition) is 2. The molecule has 0 aliphatic heterocycles. The van der Waals surface area contributed by atoms with Gasteiger partial charge in [0, 0.05) is 15.5 Å². The minimum atomic E-state index is -0.202. The standard InChI is InChI=1S/C16H16Br2N2O/c1-11-6-7-15(14(18)10-11)20-16(21)19-9-8-12-4-2-3-5-13(12)17/h2-7,10H,8-9H2,1H3,(H2,19,20,21). The Hall–Kier alpha value is -1.33. The first-order valence-corrected chi connectivity index (χ1v) is 8.19. The van der Waals surface area contributed by atoms with Crippen LogP contribution in [-0.2, 0) is 6.42 Å². The van der Waals surface area contributed by atoms with Crippen LogP contribution in [0.4, 0.5) is 10.5 Å². The average molecular weight is 412 g/mol. The summed E-state index contributed by atoms with van der Waals surface area (Å²) in [5, 5.41) is 5.69. The summed E-state index contributed by atoms with van der Waals surface area (Å²) < 4.78 is 1.94. The van der Waals surface area contributed by atoms with E-state index in [0.717, 1.165) is 26.6 Å². The number of aryl methyl sites for hydroxylation is 1. The van der Waals surface area contributed by atoms with Gasteiger partial charge in [0.1, 0.15) is 0 Å². The number of anilines is 1. The van der Waals surface area contributed by atoms with Gasteiger partial charge in [-0.2, -0.15) is 0 Å². The molecule has 0 radical (unpaired) electrons. The molecule has 0 spiro atoms. The Bertz CT molecular complexity index is 644. The second kappa shape index (κ2) is 7.61. The highest BCUT2D eigenvalue weighted by Gasteiger charge is 2.05. The van der Waals surface area contributed by atoms with E-state index in [-0.39, 0.29) is 6.03 Å². The van der Waals surface area contributed by atoms with E-state index in [9.17, 15) is 4.79 Å². The van der Waals surface area contributed by atoms with E-state index in [1.165, 1.54) is 5.56 Å². The predicted molar refractivity (Wildman–Crippen MR) is 93.7 cm³/mol. The number of rotatable bonds is 4. The summed E-state index contributed by atoms with van der Waals surface area (Å²) in [7, 11) is 0. The van der Waals surface area contributed by atoms with Crippen molar-refractivity contribution in [1.82, 2.24) is 5.32 Å². The number of nitrogens with one attached hydrogen (secondary N) is 2. The first-order chi connectivity index (χ1) is 10.1. The molecule has 3 nitrogen and oxygen atoms in total. The van der Waals surface area contributed by atoms with Gasteiger partial charge in [-0.15, -0.1) is 0 Å². The van der Waals surface area contributed by atoms with Crippen LogP contribution in [0.2, 0.25) is 0 Å². The smallest absolute Gasteiger partial charge is 0.319 e. The van der Waals surface area contributed by atoms with Gasteiger partial charge in [-0.1, -0.05) is 40.2 Å². The first-order valence-electron chi connectivity index (χ1n) is 6.60. The number of halogens is 2. The van der Waals surface area contributed by atoms with E-state index in [2.05, 4.69) is 42.5 Å². The summed E-state index contributed by atoms with van der Waals surface area (Å²) >= 11 is 6.94. The molecule has 110 valence electrons. The minimum absolute atomic E-state index is 0.202. The van der Waals surface area contributed by atoms with Gasteiger partial charge in [0.25, 0.3) is 0 Å². The van der Waals surface area contributed by atoms with Crippen LogP contribution in [-0.4, -0.2) is 12.6 Å². The van der Waals surface area contributed by atoms with Crippen molar-refractivity contribution in [2.75, 3.05) is 11.9 Å². The van der Waals surface area contributed by atoms with Crippen molar-refractivity contribution >= 4 is 43.6 Å². The highest BCUT2D eigenvalue weighted by Crippen LogP contribution is 2.23. The van der Waals surface area contributed by atoms with E-state index in [0.29, 0.717) is 6.54 Å². The Morgan fingerprint density at radius 2 is 1.86 bits per heavy atom. The average Bonchev–Trinajstić information content (AvgIpc) is 2.44. The van der Waals surface area contributed by atoms with Gasteiger partial charge in [0.05, 0.1) is 5.69 Å². The van der Waals surface area contributed by atoms with Gasteiger partial charge in [-0.05, 0) is 58.6 Å². The number of urea groups is 1. The van der Waals surface area contributed by atoms with E-state index in [4.69, 9.17) is 0 Å². The highest BCUT2D eigenvalue weighted by molar-refractivity contribution is 9.10. The maximum Gasteiger partial charge on any atom is 0.319 e.